The van der Waals surface area contributed by atoms with Crippen molar-refractivity contribution >= 4 is 35.0 Å². The number of nitrogens with one attached hydrogen (secondary N) is 2. The molecule has 1 aromatic carbocycles. The van der Waals surface area contributed by atoms with Crippen molar-refractivity contribution in [2.24, 2.45) is 0 Å². The average Bonchev–Trinajstić information content (AvgIpc) is 3.01. The summed E-state index contributed by atoms with van der Waals surface area (Å²) in [6.07, 6.45) is 1.32. The van der Waals surface area contributed by atoms with Crippen molar-refractivity contribution < 1.29 is 9.59 Å². The number of carbonyl (C=O) groups excluding carboxylic acids is 2. The Bertz CT molecular complexity index is 703. The van der Waals surface area contributed by atoms with Gasteiger partial charge in [-0.2, -0.15) is 0 Å². The fourth-order valence-corrected chi connectivity index (χ4v) is 2.61. The van der Waals surface area contributed by atoms with E-state index in [1.54, 1.807) is 35.9 Å². The van der Waals surface area contributed by atoms with Gasteiger partial charge in [0.25, 0.3) is 0 Å². The number of hydrogen-bond donors (Lipinski definition) is 2. The van der Waals surface area contributed by atoms with Crippen molar-refractivity contribution in [3.8, 4) is 0 Å². The van der Waals surface area contributed by atoms with Gasteiger partial charge in [0.1, 0.15) is 0 Å². The van der Waals surface area contributed by atoms with Gasteiger partial charge in [-0.1, -0.05) is 31.7 Å². The number of amides is 2. The van der Waals surface area contributed by atoms with Crippen molar-refractivity contribution in [2.75, 3.05) is 16.4 Å². The van der Waals surface area contributed by atoms with Crippen LogP contribution in [0.25, 0.3) is 0 Å². The third-order valence-corrected chi connectivity index (χ3v) is 3.98. The Hall–Kier alpha value is -2.42. The Balaban J connectivity index is 1.89. The van der Waals surface area contributed by atoms with E-state index in [9.17, 15) is 9.59 Å². The van der Waals surface area contributed by atoms with E-state index in [-0.39, 0.29) is 17.6 Å². The van der Waals surface area contributed by atoms with Gasteiger partial charge in [0.05, 0.1) is 5.75 Å². The number of aryl methyl sites for hydroxylation is 1. The first-order valence-electron chi connectivity index (χ1n) is 7.71. The Morgan fingerprint density at radius 1 is 1.17 bits per heavy atom. The average molecular weight is 348 g/mol. The van der Waals surface area contributed by atoms with Crippen LogP contribution < -0.4 is 10.6 Å². The predicted octanol–water partition coefficient (Wildman–Crippen LogP) is 2.16. The Kier molecular flexibility index (Phi) is 6.74. The van der Waals surface area contributed by atoms with Gasteiger partial charge < -0.3 is 10.6 Å². The van der Waals surface area contributed by atoms with Crippen LogP contribution in [-0.2, 0) is 16.1 Å². The largest absolute Gasteiger partial charge is 0.326 e. The van der Waals surface area contributed by atoms with Gasteiger partial charge in [-0.25, -0.2) is 4.68 Å². The lowest BCUT2D eigenvalue weighted by atomic mass is 10.2. The van der Waals surface area contributed by atoms with Crippen LogP contribution in [0.5, 0.6) is 0 Å². The van der Waals surface area contributed by atoms with Crippen molar-refractivity contribution in [1.82, 2.24) is 20.2 Å². The minimum atomic E-state index is -0.162. The van der Waals surface area contributed by atoms with E-state index in [0.717, 1.165) is 13.0 Å². The van der Waals surface area contributed by atoms with Gasteiger partial charge in [-0.15, -0.1) is 5.10 Å². The second-order valence-electron chi connectivity index (χ2n) is 5.00. The highest BCUT2D eigenvalue weighted by Gasteiger charge is 2.10. The first-order valence-corrected chi connectivity index (χ1v) is 8.69. The van der Waals surface area contributed by atoms with Crippen molar-refractivity contribution in [2.45, 2.75) is 38.4 Å². The first kappa shape index (κ1) is 17.9. The van der Waals surface area contributed by atoms with Gasteiger partial charge in [0.15, 0.2) is 0 Å². The number of aromatic nitrogens is 4. The van der Waals surface area contributed by atoms with Crippen LogP contribution in [0.2, 0.25) is 0 Å². The molecule has 9 heteroatoms. The third kappa shape index (κ3) is 5.34. The summed E-state index contributed by atoms with van der Waals surface area (Å²) in [7, 11) is 0. The van der Waals surface area contributed by atoms with Gasteiger partial charge >= 0.3 is 0 Å². The predicted molar refractivity (Wildman–Crippen MR) is 92.8 cm³/mol. The second-order valence-corrected chi connectivity index (χ2v) is 5.95. The van der Waals surface area contributed by atoms with Crippen LogP contribution >= 0.6 is 11.8 Å². The minimum Gasteiger partial charge on any atom is -0.326 e. The number of rotatable bonds is 8. The number of benzene rings is 1. The van der Waals surface area contributed by atoms with Crippen LogP contribution in [-0.4, -0.2) is 37.8 Å². The molecule has 128 valence electrons. The summed E-state index contributed by atoms with van der Waals surface area (Å²) in [5.41, 5.74) is 1.28. The topological polar surface area (TPSA) is 102 Å². The molecule has 24 heavy (non-hydrogen) atoms. The molecule has 2 aromatic rings. The maximum atomic E-state index is 12.1. The summed E-state index contributed by atoms with van der Waals surface area (Å²) in [4.78, 5) is 23.5. The van der Waals surface area contributed by atoms with Gasteiger partial charge in [0, 0.05) is 24.3 Å². The van der Waals surface area contributed by atoms with Gasteiger partial charge in [-0.05, 0) is 35.0 Å². The summed E-state index contributed by atoms with van der Waals surface area (Å²) in [5, 5.41) is 17.6. The van der Waals surface area contributed by atoms with E-state index >= 15 is 0 Å². The summed E-state index contributed by atoms with van der Waals surface area (Å²) in [6.45, 7) is 4.54. The lowest BCUT2D eigenvalue weighted by Crippen LogP contribution is -2.15. The van der Waals surface area contributed by atoms with Gasteiger partial charge in [0.2, 0.25) is 17.0 Å². The quantitative estimate of drug-likeness (QED) is 0.709. The van der Waals surface area contributed by atoms with E-state index in [2.05, 4.69) is 26.2 Å². The summed E-state index contributed by atoms with van der Waals surface area (Å²) >= 11 is 1.28. The SMILES string of the molecule is CCCn1nnnc1SCC(=O)Nc1cccc(NC(=O)CC)c1. The Labute approximate surface area is 144 Å². The van der Waals surface area contributed by atoms with Gasteiger partial charge in [-0.3, -0.25) is 9.59 Å². The number of anilines is 2. The highest BCUT2D eigenvalue weighted by Crippen LogP contribution is 2.17. The van der Waals surface area contributed by atoms with E-state index < -0.39 is 0 Å². The lowest BCUT2D eigenvalue weighted by molar-refractivity contribution is -0.116. The Morgan fingerprint density at radius 3 is 2.54 bits per heavy atom. The molecule has 0 radical (unpaired) electrons. The molecule has 0 unspecified atom stereocenters. The van der Waals surface area contributed by atoms with Crippen LogP contribution in [0.15, 0.2) is 29.4 Å². The number of thioether (sulfide) groups is 1. The van der Waals surface area contributed by atoms with Crippen LogP contribution in [0, 0.1) is 0 Å². The lowest BCUT2D eigenvalue weighted by Gasteiger charge is -2.08. The first-order chi connectivity index (χ1) is 11.6. The molecule has 8 nitrogen and oxygen atoms in total. The maximum Gasteiger partial charge on any atom is 0.234 e. The molecule has 2 rings (SSSR count). The molecule has 0 saturated carbocycles. The van der Waals surface area contributed by atoms with Crippen LogP contribution in [0.3, 0.4) is 0 Å². The second kappa shape index (κ2) is 9.02. The summed E-state index contributed by atoms with van der Waals surface area (Å²) < 4.78 is 1.68. The van der Waals surface area contributed by atoms with Crippen molar-refractivity contribution in [1.29, 1.82) is 0 Å². The highest BCUT2D eigenvalue weighted by molar-refractivity contribution is 7.99. The molecule has 0 aliphatic heterocycles. The molecular weight excluding hydrogens is 328 g/mol. The number of hydrogen-bond acceptors (Lipinski definition) is 6. The van der Waals surface area contributed by atoms with Crippen LogP contribution in [0.4, 0.5) is 11.4 Å². The highest BCUT2D eigenvalue weighted by atomic mass is 32.2. The molecule has 0 aliphatic rings. The monoisotopic (exact) mass is 348 g/mol. The number of carbonyl (C=O) groups is 2. The zero-order valence-electron chi connectivity index (χ0n) is 13.7. The zero-order chi connectivity index (χ0) is 17.4. The van der Waals surface area contributed by atoms with E-state index in [4.69, 9.17) is 0 Å². The molecule has 0 bridgehead atoms. The molecule has 0 fully saturated rings. The summed E-state index contributed by atoms with van der Waals surface area (Å²) in [6, 6.07) is 7.04. The van der Waals surface area contributed by atoms with Crippen molar-refractivity contribution in [3.05, 3.63) is 24.3 Å². The number of nitrogens with zero attached hydrogens (tertiary/aromatic N) is 4. The molecule has 0 spiro atoms. The third-order valence-electron chi connectivity index (χ3n) is 3.02. The van der Waals surface area contributed by atoms with E-state index in [1.807, 2.05) is 6.92 Å². The zero-order valence-corrected chi connectivity index (χ0v) is 14.5. The fraction of sp³-hybridized carbons (Fsp3) is 0.400. The molecule has 0 saturated heterocycles. The number of tetrazole rings is 1. The van der Waals surface area contributed by atoms with Crippen LogP contribution in [0.1, 0.15) is 26.7 Å². The molecule has 0 aliphatic carbocycles. The standard InChI is InChI=1S/C15H20N6O2S/c1-3-8-21-15(18-19-20-21)24-10-14(23)17-12-7-5-6-11(9-12)16-13(22)4-2/h5-7,9H,3-4,8,10H2,1-2H3,(H,16,22)(H,17,23). The Morgan fingerprint density at radius 2 is 1.88 bits per heavy atom. The normalized spacial score (nSPS) is 10.4. The smallest absolute Gasteiger partial charge is 0.234 e. The van der Waals surface area contributed by atoms with Crippen molar-refractivity contribution in [3.63, 3.8) is 0 Å². The molecule has 1 heterocycles. The summed E-state index contributed by atoms with van der Waals surface area (Å²) in [5.74, 6) is -0.0304. The van der Waals surface area contributed by atoms with E-state index in [1.165, 1.54) is 11.8 Å². The molecular formula is C15H20N6O2S. The van der Waals surface area contributed by atoms with E-state index in [0.29, 0.717) is 23.0 Å². The molecule has 0 atom stereocenters. The molecule has 2 amide bonds. The molecule has 1 aromatic heterocycles. The maximum absolute atomic E-state index is 12.1. The fourth-order valence-electron chi connectivity index (χ4n) is 1.90. The molecule has 2 N–H and O–H groups in total. The minimum absolute atomic E-state index is 0.0724.